The molecule has 0 aromatic rings. The number of esters is 6. The number of hydrogen-bond acceptors (Lipinski definition) is 39. The highest BCUT2D eigenvalue weighted by Crippen LogP contribution is 2.31. The second-order valence-corrected chi connectivity index (χ2v) is 26.3. The summed E-state index contributed by atoms with van der Waals surface area (Å²) in [7, 11) is 0. The Morgan fingerprint density at radius 3 is 1.39 bits per heavy atom. The third-order valence-corrected chi connectivity index (χ3v) is 14.8. The highest BCUT2D eigenvalue weighted by atomic mass is 16.7. The van der Waals surface area contributed by atoms with Crippen LogP contribution in [0.3, 0.4) is 0 Å². The van der Waals surface area contributed by atoms with E-state index in [9.17, 15) is 97.8 Å². The van der Waals surface area contributed by atoms with Gasteiger partial charge >= 0.3 is 59.7 Å². The number of aldehydes is 2. The van der Waals surface area contributed by atoms with E-state index in [0.717, 1.165) is 13.8 Å². The molecule has 2 amide bonds. The van der Waals surface area contributed by atoms with E-state index in [2.05, 4.69) is 20.7 Å². The van der Waals surface area contributed by atoms with Crippen LogP contribution in [0.15, 0.2) is 0 Å². The first-order valence-corrected chi connectivity index (χ1v) is 33.6. The monoisotopic (exact) mass is 1570 g/mol. The fourth-order valence-corrected chi connectivity index (χ4v) is 8.06. The summed E-state index contributed by atoms with van der Waals surface area (Å²) in [5.74, 6) is -14.8. The molecule has 0 aromatic carbocycles. The summed E-state index contributed by atoms with van der Waals surface area (Å²) in [6.07, 6.45) is -18.5. The molecule has 2 fully saturated rings. The topological polar surface area (TPSA) is 811 Å². The number of rotatable bonds is 37. The number of aliphatic hydroxyl groups is 9. The molecule has 0 aliphatic carbocycles. The zero-order valence-corrected chi connectivity index (χ0v) is 62.5. The van der Waals surface area contributed by atoms with Crippen molar-refractivity contribution in [2.75, 3.05) is 33.0 Å². The van der Waals surface area contributed by atoms with Gasteiger partial charge in [0, 0.05) is 20.3 Å². The van der Waals surface area contributed by atoms with Crippen molar-refractivity contribution in [3.63, 3.8) is 0 Å². The van der Waals surface area contributed by atoms with Crippen LogP contribution in [0.5, 0.6) is 0 Å². The summed E-state index contributed by atoms with van der Waals surface area (Å²) in [5, 5.41) is 125. The quantitative estimate of drug-likeness (QED) is 0.0156. The van der Waals surface area contributed by atoms with Crippen LogP contribution >= 0.6 is 0 Å². The van der Waals surface area contributed by atoms with Crippen LogP contribution in [0.2, 0.25) is 0 Å². The van der Waals surface area contributed by atoms with E-state index in [1.807, 2.05) is 0 Å². The average Bonchev–Trinajstić information content (AvgIpc) is 0.856. The summed E-state index contributed by atoms with van der Waals surface area (Å²) in [4.78, 5) is 162. The van der Waals surface area contributed by atoms with Crippen molar-refractivity contribution in [2.24, 2.45) is 69.5 Å². The predicted octanol–water partition coefficient (Wildman–Crippen LogP) is -10.5. The predicted molar refractivity (Wildman–Crippen MR) is 370 cm³/mol. The second kappa shape index (κ2) is 53.9. The Bertz CT molecular complexity index is 2760. The number of carboxylic acids is 4. The maximum absolute atomic E-state index is 13.4. The second-order valence-electron chi connectivity index (χ2n) is 26.3. The Morgan fingerprint density at radius 1 is 0.574 bits per heavy atom. The molecular weight excluding hydrogens is 1450 g/mol. The molecule has 0 radical (unpaired) electrons. The first kappa shape index (κ1) is 107. The van der Waals surface area contributed by atoms with Crippen molar-refractivity contribution in [1.29, 1.82) is 0 Å². The van der Waals surface area contributed by atoms with E-state index in [0.29, 0.717) is 19.4 Å². The summed E-state index contributed by atoms with van der Waals surface area (Å²) in [6.45, 7) is 17.6. The maximum Gasteiger partial charge on any atom is 0.364 e. The highest BCUT2D eigenvalue weighted by Gasteiger charge is 2.54. The van der Waals surface area contributed by atoms with E-state index in [-0.39, 0.29) is 42.7 Å². The van der Waals surface area contributed by atoms with Crippen molar-refractivity contribution in [3.05, 3.63) is 0 Å². The Labute approximate surface area is 622 Å². The van der Waals surface area contributed by atoms with Crippen molar-refractivity contribution in [2.45, 2.75) is 255 Å². The number of amides is 2. The van der Waals surface area contributed by atoms with Gasteiger partial charge < -0.3 is 166 Å². The van der Waals surface area contributed by atoms with Crippen LogP contribution in [0.4, 0.5) is 0 Å². The van der Waals surface area contributed by atoms with Crippen molar-refractivity contribution in [1.82, 2.24) is 16.0 Å². The smallest absolute Gasteiger partial charge is 0.364 e. The lowest BCUT2D eigenvalue weighted by molar-refractivity contribution is -0.295. The molecule has 0 spiro atoms. The molecule has 2 aliphatic rings. The number of carboxylic acid groups (broad SMARTS) is 4. The van der Waals surface area contributed by atoms with Crippen molar-refractivity contribution in [3.8, 4) is 0 Å². The highest BCUT2D eigenvalue weighted by molar-refractivity contribution is 5.85. The molecule has 32 N–H and O–H groups in total. The number of hydrogen-bond donors (Lipinski definition) is 24. The van der Waals surface area contributed by atoms with Gasteiger partial charge in [0.05, 0.1) is 25.4 Å². The third kappa shape index (κ3) is 41.7. The minimum atomic E-state index is -2.78. The molecule has 628 valence electrons. The van der Waals surface area contributed by atoms with E-state index in [4.69, 9.17) is 110 Å². The van der Waals surface area contributed by atoms with Crippen LogP contribution in [0.25, 0.3) is 0 Å². The van der Waals surface area contributed by atoms with Crippen molar-refractivity contribution >= 4 is 84.1 Å². The average molecular weight is 1570 g/mol. The summed E-state index contributed by atoms with van der Waals surface area (Å²) >= 11 is 0. The van der Waals surface area contributed by atoms with E-state index in [1.165, 1.54) is 20.8 Å². The van der Waals surface area contributed by atoms with Crippen LogP contribution in [0.1, 0.15) is 116 Å². The molecule has 2 heterocycles. The Kier molecular flexibility index (Phi) is 53.2. The zero-order valence-electron chi connectivity index (χ0n) is 62.5. The van der Waals surface area contributed by atoms with Gasteiger partial charge in [-0.05, 0) is 70.3 Å². The largest absolute Gasteiger partial charge is 0.480 e. The van der Waals surface area contributed by atoms with Crippen LogP contribution < -0.4 is 61.8 Å². The molecule has 0 unspecified atom stereocenters. The molecular formula is C63H117N11O34. The molecule has 2 saturated heterocycles. The molecule has 0 saturated carbocycles. The number of aliphatic hydroxyl groups excluding tert-OH is 8. The van der Waals surface area contributed by atoms with Gasteiger partial charge in [-0.15, -0.1) is 0 Å². The molecule has 45 heteroatoms. The van der Waals surface area contributed by atoms with Crippen molar-refractivity contribution < 1.29 is 167 Å². The first-order chi connectivity index (χ1) is 49.6. The molecule has 45 nitrogen and oxygen atoms in total. The fraction of sp³-hybridized carbons (Fsp3) is 0.778. The van der Waals surface area contributed by atoms with Gasteiger partial charge in [0.1, 0.15) is 111 Å². The standard InChI is InChI=1S/C28H48N6O12.C11H19NO9.C11H21NO7.2C5H11NO2.C3H7NO2/c1-13(2)9-17(31)26(39)46-23(21(12-43-25(38)15(4)30)44-27(40)19-7-6-8-33-19)22(18(32)10-35)45-28(41)20(34-16(5)36)11-42-24(37)14(3)29;1-4(14)12-7-5(15)2-11(20,10(18)19)21-9(7)8(17)6(16)3-13;1-5(2)8(12)11(18)19-7(4-14)10(17)9(16)6(15)3-13;2*1-3(2)4(6)5(7)8;1-2(4)3(5)6/h10,13-15,17-23,33H,6-9,11-12,29-32H2,1-5H3,(H,34,36);5-9,13,15-17,20H,2-3H2,1H3,(H,12,14)(H,18,19);4-10,13,15-17H,3,12H2,1-2H3;2*3-4H,6H2,1-2H3,(H,7,8);2H,4H2,1H3,(H,5,6)/t14-,15-,17-,18-,19-,20-,21+,22+,23+;5-,6+,7+,8+,9+,11-;6-,7+,8+,9+,10-;2*4-;2-/m001000/s1. The third-order valence-electron chi connectivity index (χ3n) is 14.8. The number of carbonyl (C=O) groups excluding carboxylic acids is 10. The first-order valence-electron chi connectivity index (χ1n) is 33.6. The van der Waals surface area contributed by atoms with Gasteiger partial charge in [-0.3, -0.25) is 52.7 Å². The molecule has 0 bridgehead atoms. The zero-order chi connectivity index (χ0) is 85.3. The van der Waals surface area contributed by atoms with Gasteiger partial charge in [0.2, 0.25) is 11.8 Å². The summed E-state index contributed by atoms with van der Waals surface area (Å²) < 4.78 is 36.4. The Hall–Kier alpha value is -7.78. The van der Waals surface area contributed by atoms with Gasteiger partial charge in [-0.1, -0.05) is 55.4 Å². The minimum Gasteiger partial charge on any atom is -0.480 e. The molecule has 23 atom stereocenters. The van der Waals surface area contributed by atoms with E-state index in [1.54, 1.807) is 55.4 Å². The SMILES string of the molecule is CC(=O)N[C@@H](COC(=O)[C@H](C)N)C(=O)O[C@@H]([C@H](OC(=O)[C@@H](N)CC(C)C)[C@@H](COC(=O)[C@H](C)N)OC(=O)[C@@H]1CCCN1)[C@@H](N)C=O.CC(=O)N[C@H]1[C@H]([C@H](O)[C@H](O)CO)O[C@](O)(C(=O)O)C[C@@H]1O.CC(C)[C@H](N)C(=O)O.CC(C)[C@H](N)C(=O)O.CC(C)[C@H](N)C(=O)O[C@@H](C=O)[C@@H](O)[C@@H](O)[C@H](O)CO.C[C@H](N)C(=O)O. The van der Waals surface area contributed by atoms with Crippen LogP contribution in [-0.4, -0.2) is 323 Å². The minimum absolute atomic E-state index is 0.0208. The van der Waals surface area contributed by atoms with Crippen LogP contribution in [0, 0.1) is 23.7 Å². The number of aliphatic carboxylic acids is 4. The molecule has 2 rings (SSSR count). The maximum atomic E-state index is 13.4. The molecule has 2 aliphatic heterocycles. The Morgan fingerprint density at radius 2 is 1.04 bits per heavy atom. The lowest BCUT2D eigenvalue weighted by atomic mass is 9.88. The fourth-order valence-electron chi connectivity index (χ4n) is 8.06. The van der Waals surface area contributed by atoms with Gasteiger partial charge in [0.15, 0.2) is 36.7 Å². The summed E-state index contributed by atoms with van der Waals surface area (Å²) in [5.41, 5.74) is 43.8. The van der Waals surface area contributed by atoms with Gasteiger partial charge in [-0.2, -0.15) is 0 Å². The van der Waals surface area contributed by atoms with Crippen LogP contribution in [-0.2, 0) is 100 Å². The molecule has 108 heavy (non-hydrogen) atoms. The number of nitrogens with two attached hydrogens (primary N) is 8. The molecule has 0 aromatic heterocycles. The summed E-state index contributed by atoms with van der Waals surface area (Å²) in [6, 6.07) is -11.9. The van der Waals surface area contributed by atoms with E-state index >= 15 is 0 Å². The van der Waals surface area contributed by atoms with Gasteiger partial charge in [-0.25, -0.2) is 9.59 Å². The lowest BCUT2D eigenvalue weighted by Gasteiger charge is -2.44. The number of carbonyl (C=O) groups is 14. The van der Waals surface area contributed by atoms with E-state index < -0.39 is 244 Å². The normalized spacial score (nSPS) is 21.6. The number of ether oxygens (including phenoxy) is 7. The lowest BCUT2D eigenvalue weighted by Crippen LogP contribution is -2.67. The Balaban J connectivity index is -0.000000715. The number of nitrogens with one attached hydrogen (secondary N) is 3. The van der Waals surface area contributed by atoms with Gasteiger partial charge in [0.25, 0.3) is 5.79 Å².